The van der Waals surface area contributed by atoms with Crippen molar-refractivity contribution < 1.29 is 14.0 Å². The second-order valence-corrected chi connectivity index (χ2v) is 5.55. The first-order chi connectivity index (χ1) is 9.24. The first-order valence-corrected chi connectivity index (χ1v) is 7.04. The van der Waals surface area contributed by atoms with E-state index in [1.165, 1.54) is 0 Å². The third-order valence-corrected chi connectivity index (χ3v) is 3.09. The van der Waals surface area contributed by atoms with E-state index in [2.05, 4.69) is 24.3 Å². The van der Waals surface area contributed by atoms with Gasteiger partial charge >= 0.3 is 0 Å². The molecule has 2 rings (SSSR count). The monoisotopic (exact) mass is 268 g/mol. The summed E-state index contributed by atoms with van der Waals surface area (Å²) >= 11 is 0. The molecule has 0 bridgehead atoms. The van der Waals surface area contributed by atoms with E-state index in [1.54, 1.807) is 0 Å². The average Bonchev–Trinajstić information content (AvgIpc) is 3.00. The third kappa shape index (κ3) is 5.30. The Morgan fingerprint density at radius 1 is 1.53 bits per heavy atom. The SMILES string of the molecule is CC(C)CNCc1cc(COCC2CCOC2)on1. The number of rotatable bonds is 8. The Hall–Kier alpha value is -0.910. The standard InChI is InChI=1S/C14H24N2O3/c1-11(2)6-15-7-13-5-14(19-16-13)10-18-9-12-3-4-17-8-12/h5,11-12,15H,3-4,6-10H2,1-2H3. The molecule has 1 aromatic heterocycles. The van der Waals surface area contributed by atoms with Crippen LogP contribution in [0.15, 0.2) is 10.6 Å². The molecule has 0 aliphatic carbocycles. The first kappa shape index (κ1) is 14.5. The highest BCUT2D eigenvalue weighted by molar-refractivity contribution is 5.04. The zero-order valence-electron chi connectivity index (χ0n) is 11.9. The fourth-order valence-corrected chi connectivity index (χ4v) is 2.04. The van der Waals surface area contributed by atoms with Crippen LogP contribution in [0.4, 0.5) is 0 Å². The van der Waals surface area contributed by atoms with Crippen LogP contribution >= 0.6 is 0 Å². The summed E-state index contributed by atoms with van der Waals surface area (Å²) in [6.07, 6.45) is 1.10. The molecule has 19 heavy (non-hydrogen) atoms. The van der Waals surface area contributed by atoms with Gasteiger partial charge in [-0.2, -0.15) is 0 Å². The summed E-state index contributed by atoms with van der Waals surface area (Å²) in [5.74, 6) is 1.97. The number of hydrogen-bond donors (Lipinski definition) is 1. The lowest BCUT2D eigenvalue weighted by atomic mass is 10.1. The molecule has 1 fully saturated rings. The highest BCUT2D eigenvalue weighted by Crippen LogP contribution is 2.13. The van der Waals surface area contributed by atoms with Crippen LogP contribution in [0.5, 0.6) is 0 Å². The van der Waals surface area contributed by atoms with E-state index in [0.717, 1.165) is 50.8 Å². The first-order valence-electron chi connectivity index (χ1n) is 7.04. The normalized spacial score (nSPS) is 19.4. The van der Waals surface area contributed by atoms with Gasteiger partial charge in [-0.1, -0.05) is 19.0 Å². The predicted octanol–water partition coefficient (Wildman–Crippen LogP) is 1.97. The van der Waals surface area contributed by atoms with Gasteiger partial charge in [0.25, 0.3) is 0 Å². The average molecular weight is 268 g/mol. The molecule has 5 heteroatoms. The Morgan fingerprint density at radius 2 is 2.42 bits per heavy atom. The molecule has 0 spiro atoms. The van der Waals surface area contributed by atoms with Gasteiger partial charge in [0.2, 0.25) is 0 Å². The summed E-state index contributed by atoms with van der Waals surface area (Å²) in [6, 6.07) is 1.96. The van der Waals surface area contributed by atoms with Crippen LogP contribution in [0.1, 0.15) is 31.7 Å². The lowest BCUT2D eigenvalue weighted by molar-refractivity contribution is 0.0659. The van der Waals surface area contributed by atoms with Crippen LogP contribution in [0.2, 0.25) is 0 Å². The summed E-state index contributed by atoms with van der Waals surface area (Å²) in [7, 11) is 0. The fourth-order valence-electron chi connectivity index (χ4n) is 2.04. The number of hydrogen-bond acceptors (Lipinski definition) is 5. The molecule has 0 aromatic carbocycles. The maximum Gasteiger partial charge on any atom is 0.162 e. The fraction of sp³-hybridized carbons (Fsp3) is 0.786. The maximum atomic E-state index is 5.63. The Kier molecular flexibility index (Phi) is 5.82. The number of ether oxygens (including phenoxy) is 2. The van der Waals surface area contributed by atoms with Crippen molar-refractivity contribution >= 4 is 0 Å². The van der Waals surface area contributed by atoms with E-state index in [0.29, 0.717) is 18.4 Å². The second kappa shape index (κ2) is 7.62. The number of nitrogens with zero attached hydrogens (tertiary/aromatic N) is 1. The molecule has 1 saturated heterocycles. The molecule has 2 heterocycles. The lowest BCUT2D eigenvalue weighted by Crippen LogP contribution is -2.19. The Labute approximate surface area is 114 Å². The molecule has 1 atom stereocenters. The summed E-state index contributed by atoms with van der Waals surface area (Å²) in [4.78, 5) is 0. The van der Waals surface area contributed by atoms with E-state index in [9.17, 15) is 0 Å². The van der Waals surface area contributed by atoms with Gasteiger partial charge in [0, 0.05) is 25.1 Å². The van der Waals surface area contributed by atoms with Gasteiger partial charge in [-0.3, -0.25) is 0 Å². The number of aromatic nitrogens is 1. The van der Waals surface area contributed by atoms with E-state index >= 15 is 0 Å². The van der Waals surface area contributed by atoms with Gasteiger partial charge in [-0.15, -0.1) is 0 Å². The highest BCUT2D eigenvalue weighted by atomic mass is 16.5. The highest BCUT2D eigenvalue weighted by Gasteiger charge is 2.15. The molecule has 1 aromatic rings. The molecule has 1 aliphatic heterocycles. The van der Waals surface area contributed by atoms with Crippen molar-refractivity contribution in [2.75, 3.05) is 26.4 Å². The smallest absolute Gasteiger partial charge is 0.162 e. The zero-order chi connectivity index (χ0) is 13.5. The summed E-state index contributed by atoms with van der Waals surface area (Å²) in [5, 5.41) is 7.36. The third-order valence-electron chi connectivity index (χ3n) is 3.09. The Balaban J connectivity index is 1.62. The van der Waals surface area contributed by atoms with Crippen molar-refractivity contribution in [1.29, 1.82) is 0 Å². The van der Waals surface area contributed by atoms with Crippen LogP contribution in [0, 0.1) is 11.8 Å². The van der Waals surface area contributed by atoms with Crippen LogP contribution in [0.25, 0.3) is 0 Å². The summed E-state index contributed by atoms with van der Waals surface area (Å²) in [5.41, 5.74) is 0.934. The van der Waals surface area contributed by atoms with Gasteiger partial charge < -0.3 is 19.3 Å². The van der Waals surface area contributed by atoms with E-state index < -0.39 is 0 Å². The molecule has 5 nitrogen and oxygen atoms in total. The van der Waals surface area contributed by atoms with Gasteiger partial charge in [0.05, 0.1) is 18.9 Å². The van der Waals surface area contributed by atoms with Gasteiger partial charge in [-0.05, 0) is 18.9 Å². The van der Waals surface area contributed by atoms with Crippen molar-refractivity contribution in [3.8, 4) is 0 Å². The molecule has 0 radical (unpaired) electrons. The maximum absolute atomic E-state index is 5.63. The largest absolute Gasteiger partial charge is 0.381 e. The van der Waals surface area contributed by atoms with Crippen molar-refractivity contribution in [3.05, 3.63) is 17.5 Å². The molecule has 0 amide bonds. The van der Waals surface area contributed by atoms with Crippen LogP contribution in [-0.4, -0.2) is 31.5 Å². The van der Waals surface area contributed by atoms with Crippen molar-refractivity contribution in [2.24, 2.45) is 11.8 Å². The van der Waals surface area contributed by atoms with E-state index in [1.807, 2.05) is 6.07 Å². The quantitative estimate of drug-likeness (QED) is 0.781. The zero-order valence-corrected chi connectivity index (χ0v) is 11.9. The molecular weight excluding hydrogens is 244 g/mol. The van der Waals surface area contributed by atoms with Gasteiger partial charge in [0.15, 0.2) is 5.76 Å². The van der Waals surface area contributed by atoms with Crippen molar-refractivity contribution in [3.63, 3.8) is 0 Å². The van der Waals surface area contributed by atoms with Crippen molar-refractivity contribution in [1.82, 2.24) is 10.5 Å². The minimum absolute atomic E-state index is 0.494. The molecule has 1 N–H and O–H groups in total. The van der Waals surface area contributed by atoms with Gasteiger partial charge in [0.1, 0.15) is 6.61 Å². The molecule has 108 valence electrons. The number of nitrogens with one attached hydrogen (secondary N) is 1. The van der Waals surface area contributed by atoms with Crippen molar-refractivity contribution in [2.45, 2.75) is 33.4 Å². The van der Waals surface area contributed by atoms with Crippen LogP contribution in [-0.2, 0) is 22.6 Å². The Morgan fingerprint density at radius 3 is 3.16 bits per heavy atom. The Bertz CT molecular complexity index is 359. The van der Waals surface area contributed by atoms with E-state index in [4.69, 9.17) is 14.0 Å². The lowest BCUT2D eigenvalue weighted by Gasteiger charge is -2.06. The summed E-state index contributed by atoms with van der Waals surface area (Å²) in [6.45, 7) is 9.01. The topological polar surface area (TPSA) is 56.5 Å². The molecule has 1 aliphatic rings. The van der Waals surface area contributed by atoms with Crippen LogP contribution in [0.3, 0.4) is 0 Å². The molecule has 1 unspecified atom stereocenters. The predicted molar refractivity (Wildman–Crippen MR) is 71.6 cm³/mol. The van der Waals surface area contributed by atoms with Crippen LogP contribution < -0.4 is 5.32 Å². The van der Waals surface area contributed by atoms with E-state index in [-0.39, 0.29) is 0 Å². The minimum atomic E-state index is 0.494. The van der Waals surface area contributed by atoms with Gasteiger partial charge in [-0.25, -0.2) is 0 Å². The molecular formula is C14H24N2O3. The second-order valence-electron chi connectivity index (χ2n) is 5.55. The summed E-state index contributed by atoms with van der Waals surface area (Å²) < 4.78 is 16.2. The molecule has 0 saturated carbocycles. The minimum Gasteiger partial charge on any atom is -0.381 e.